The van der Waals surface area contributed by atoms with Crippen LogP contribution in [0, 0.1) is 0 Å². The van der Waals surface area contributed by atoms with Crippen LogP contribution in [0.2, 0.25) is 0 Å². The number of benzene rings is 1. The van der Waals surface area contributed by atoms with E-state index in [1.54, 1.807) is 12.1 Å². The minimum Gasteiger partial charge on any atom is -0.493 e. The van der Waals surface area contributed by atoms with Gasteiger partial charge in [-0.25, -0.2) is 8.42 Å². The predicted octanol–water partition coefficient (Wildman–Crippen LogP) is 1.48. The zero-order chi connectivity index (χ0) is 13.6. The third-order valence-electron chi connectivity index (χ3n) is 3.64. The highest BCUT2D eigenvalue weighted by molar-refractivity contribution is 7.92. The smallest absolute Gasteiger partial charge is 0.155 e. The summed E-state index contributed by atoms with van der Waals surface area (Å²) in [6.07, 6.45) is 0.903. The molecule has 0 amide bonds. The molecule has 1 aromatic rings. The molecule has 0 spiro atoms. The van der Waals surface area contributed by atoms with Crippen molar-refractivity contribution in [1.82, 2.24) is 0 Å². The molecule has 1 unspecified atom stereocenters. The van der Waals surface area contributed by atoms with Gasteiger partial charge in [0, 0.05) is 12.7 Å². The maximum absolute atomic E-state index is 11.7. The van der Waals surface area contributed by atoms with Crippen molar-refractivity contribution in [2.75, 3.05) is 12.9 Å². The average molecular weight is 270 g/mol. The van der Waals surface area contributed by atoms with Gasteiger partial charge in [0.25, 0.3) is 0 Å². The molecule has 1 aliphatic rings. The molecule has 0 bridgehead atoms. The Balaban J connectivity index is 2.38. The summed E-state index contributed by atoms with van der Waals surface area (Å²) in [6.45, 7) is 3.72. The topological polar surface area (TPSA) is 63.6 Å². The fourth-order valence-electron chi connectivity index (χ4n) is 1.98. The van der Waals surface area contributed by atoms with E-state index in [0.29, 0.717) is 12.2 Å². The van der Waals surface area contributed by atoms with Gasteiger partial charge in [-0.15, -0.1) is 0 Å². The molecule has 4 nitrogen and oxygen atoms in total. The zero-order valence-electron chi connectivity index (χ0n) is 10.8. The molecule has 18 heavy (non-hydrogen) atoms. The van der Waals surface area contributed by atoms with E-state index in [1.165, 1.54) is 13.8 Å². The second kappa shape index (κ2) is 4.24. The quantitative estimate of drug-likeness (QED) is 0.903. The maximum Gasteiger partial charge on any atom is 0.155 e. The lowest BCUT2D eigenvalue weighted by Crippen LogP contribution is -2.37. The Morgan fingerprint density at radius 2 is 2.06 bits per heavy atom. The lowest BCUT2D eigenvalue weighted by Gasteiger charge is -2.29. The molecule has 0 radical (unpaired) electrons. The summed E-state index contributed by atoms with van der Waals surface area (Å²) in [6, 6.07) is 5.35. The van der Waals surface area contributed by atoms with Crippen molar-refractivity contribution in [1.29, 1.82) is 0 Å². The summed E-state index contributed by atoms with van der Waals surface area (Å²) < 4.78 is 27.6. The summed E-state index contributed by atoms with van der Waals surface area (Å²) in [4.78, 5) is 0. The van der Waals surface area contributed by atoms with Crippen LogP contribution in [0.15, 0.2) is 18.2 Å². The third-order valence-corrected chi connectivity index (χ3v) is 5.78. The number of sulfone groups is 1. The minimum atomic E-state index is -3.35. The molecule has 1 aromatic carbocycles. The van der Waals surface area contributed by atoms with Crippen molar-refractivity contribution in [2.24, 2.45) is 0 Å². The fraction of sp³-hybridized carbons (Fsp3) is 0.538. The van der Waals surface area contributed by atoms with Gasteiger partial charge in [-0.05, 0) is 37.1 Å². The van der Waals surface area contributed by atoms with Crippen LogP contribution in [0.4, 0.5) is 0 Å². The Hall–Kier alpha value is -1.07. The second-order valence-electron chi connectivity index (χ2n) is 5.24. The van der Waals surface area contributed by atoms with Crippen LogP contribution in [0.5, 0.6) is 5.75 Å². The molecule has 0 aliphatic carbocycles. The second-order valence-corrected chi connectivity index (χ2v) is 7.84. The fourth-order valence-corrected chi connectivity index (χ4v) is 2.52. The van der Waals surface area contributed by atoms with Crippen molar-refractivity contribution in [3.8, 4) is 5.75 Å². The SMILES string of the molecule is CC(C)(C(O)c1ccc2c(c1)CCO2)S(C)(=O)=O. The lowest BCUT2D eigenvalue weighted by molar-refractivity contribution is 0.139. The summed E-state index contributed by atoms with van der Waals surface area (Å²) in [5, 5.41) is 10.3. The average Bonchev–Trinajstić information content (AvgIpc) is 2.73. The van der Waals surface area contributed by atoms with E-state index in [1.807, 2.05) is 6.07 Å². The summed E-state index contributed by atoms with van der Waals surface area (Å²) in [5.74, 6) is 0.822. The lowest BCUT2D eigenvalue weighted by atomic mass is 9.96. The van der Waals surface area contributed by atoms with Gasteiger partial charge in [0.05, 0.1) is 17.5 Å². The van der Waals surface area contributed by atoms with Crippen molar-refractivity contribution >= 4 is 9.84 Å². The van der Waals surface area contributed by atoms with Crippen LogP contribution in [0.3, 0.4) is 0 Å². The molecule has 0 aromatic heterocycles. The van der Waals surface area contributed by atoms with Gasteiger partial charge < -0.3 is 9.84 Å². The first-order chi connectivity index (χ1) is 8.23. The molecule has 0 fully saturated rings. The normalized spacial score (nSPS) is 17.1. The number of rotatable bonds is 3. The Kier molecular flexibility index (Phi) is 3.15. The summed E-state index contributed by atoms with van der Waals surface area (Å²) in [7, 11) is -3.35. The monoisotopic (exact) mass is 270 g/mol. The highest BCUT2D eigenvalue weighted by Gasteiger charge is 2.39. The molecule has 0 saturated heterocycles. The molecule has 0 saturated carbocycles. The van der Waals surface area contributed by atoms with Crippen molar-refractivity contribution in [2.45, 2.75) is 31.1 Å². The van der Waals surface area contributed by atoms with E-state index in [4.69, 9.17) is 4.74 Å². The molecule has 1 N–H and O–H groups in total. The Bertz CT molecular complexity index is 560. The van der Waals surface area contributed by atoms with Crippen molar-refractivity contribution in [3.63, 3.8) is 0 Å². The van der Waals surface area contributed by atoms with Gasteiger partial charge in [-0.2, -0.15) is 0 Å². The van der Waals surface area contributed by atoms with E-state index in [0.717, 1.165) is 24.0 Å². The first-order valence-corrected chi connectivity index (χ1v) is 7.76. The molecule has 100 valence electrons. The number of ether oxygens (including phenoxy) is 1. The Labute approximate surface area is 108 Å². The Morgan fingerprint density at radius 3 is 2.67 bits per heavy atom. The number of hydrogen-bond acceptors (Lipinski definition) is 4. The van der Waals surface area contributed by atoms with Gasteiger partial charge in [0.1, 0.15) is 5.75 Å². The van der Waals surface area contributed by atoms with Crippen LogP contribution in [-0.2, 0) is 16.3 Å². The zero-order valence-corrected chi connectivity index (χ0v) is 11.6. The predicted molar refractivity (Wildman–Crippen MR) is 69.5 cm³/mol. The maximum atomic E-state index is 11.7. The van der Waals surface area contributed by atoms with Gasteiger partial charge in [-0.3, -0.25) is 0 Å². The van der Waals surface area contributed by atoms with Crippen LogP contribution in [0.25, 0.3) is 0 Å². The van der Waals surface area contributed by atoms with Crippen molar-refractivity contribution in [3.05, 3.63) is 29.3 Å². The number of fused-ring (bicyclic) bond motifs is 1. The number of hydrogen-bond donors (Lipinski definition) is 1. The van der Waals surface area contributed by atoms with Crippen molar-refractivity contribution < 1.29 is 18.3 Å². The van der Waals surface area contributed by atoms with Gasteiger partial charge >= 0.3 is 0 Å². The first kappa shape index (κ1) is 13.4. The van der Waals surface area contributed by atoms with Crippen LogP contribution < -0.4 is 4.74 Å². The van der Waals surface area contributed by atoms with E-state index in [2.05, 4.69) is 0 Å². The molecular formula is C13H18O4S. The largest absolute Gasteiger partial charge is 0.493 e. The van der Waals surface area contributed by atoms with Gasteiger partial charge in [0.2, 0.25) is 0 Å². The molecular weight excluding hydrogens is 252 g/mol. The number of aliphatic hydroxyl groups is 1. The molecule has 1 heterocycles. The van der Waals surface area contributed by atoms with E-state index in [-0.39, 0.29) is 0 Å². The minimum absolute atomic E-state index is 0.620. The van der Waals surface area contributed by atoms with Gasteiger partial charge in [-0.1, -0.05) is 6.07 Å². The third kappa shape index (κ3) is 2.12. The highest BCUT2D eigenvalue weighted by atomic mass is 32.2. The van der Waals surface area contributed by atoms with Gasteiger partial charge in [0.15, 0.2) is 9.84 Å². The molecule has 1 atom stereocenters. The molecule has 2 rings (SSSR count). The summed E-state index contributed by atoms with van der Waals surface area (Å²) >= 11 is 0. The number of aliphatic hydroxyl groups excluding tert-OH is 1. The molecule has 1 aliphatic heterocycles. The van der Waals surface area contributed by atoms with E-state index in [9.17, 15) is 13.5 Å². The highest BCUT2D eigenvalue weighted by Crippen LogP contribution is 2.35. The Morgan fingerprint density at radius 1 is 1.39 bits per heavy atom. The van der Waals surface area contributed by atoms with Crippen LogP contribution in [0.1, 0.15) is 31.1 Å². The van der Waals surface area contributed by atoms with Crippen LogP contribution >= 0.6 is 0 Å². The van der Waals surface area contributed by atoms with Crippen LogP contribution in [-0.4, -0.2) is 31.1 Å². The standard InChI is InChI=1S/C13H18O4S/c1-13(2,18(3,15)16)12(14)10-4-5-11-9(8-10)6-7-17-11/h4-5,8,12,14H,6-7H2,1-3H3. The summed E-state index contributed by atoms with van der Waals surface area (Å²) in [5.41, 5.74) is 1.64. The first-order valence-electron chi connectivity index (χ1n) is 5.87. The molecule has 5 heteroatoms. The van der Waals surface area contributed by atoms with E-state index >= 15 is 0 Å². The van der Waals surface area contributed by atoms with E-state index < -0.39 is 20.7 Å².